The SMILES string of the molecule is O=Cc1c(O)ccc2oc(CCC(=O)[O-])nc12. The van der Waals surface area contributed by atoms with E-state index in [0.29, 0.717) is 11.9 Å². The molecule has 6 nitrogen and oxygen atoms in total. The largest absolute Gasteiger partial charge is 0.550 e. The van der Waals surface area contributed by atoms with E-state index in [0.717, 1.165) is 0 Å². The molecule has 0 saturated heterocycles. The maximum absolute atomic E-state index is 10.8. The van der Waals surface area contributed by atoms with E-state index >= 15 is 0 Å². The van der Waals surface area contributed by atoms with E-state index in [-0.39, 0.29) is 35.6 Å². The molecule has 0 bridgehead atoms. The summed E-state index contributed by atoms with van der Waals surface area (Å²) < 4.78 is 5.24. The van der Waals surface area contributed by atoms with Crippen LogP contribution in [-0.2, 0) is 11.2 Å². The molecule has 1 aromatic carbocycles. The second kappa shape index (κ2) is 4.25. The molecular formula is C11H8NO5-. The quantitative estimate of drug-likeness (QED) is 0.748. The highest BCUT2D eigenvalue weighted by Gasteiger charge is 2.12. The van der Waals surface area contributed by atoms with Gasteiger partial charge in [0.2, 0.25) is 0 Å². The normalized spacial score (nSPS) is 10.6. The summed E-state index contributed by atoms with van der Waals surface area (Å²) in [6.07, 6.45) is 0.341. The molecular weight excluding hydrogens is 226 g/mol. The van der Waals surface area contributed by atoms with E-state index in [1.54, 1.807) is 0 Å². The molecule has 0 aliphatic carbocycles. The summed E-state index contributed by atoms with van der Waals surface area (Å²) in [5, 5.41) is 19.7. The van der Waals surface area contributed by atoms with Crippen molar-refractivity contribution in [3.05, 3.63) is 23.6 Å². The van der Waals surface area contributed by atoms with Gasteiger partial charge in [-0.3, -0.25) is 4.79 Å². The van der Waals surface area contributed by atoms with Gasteiger partial charge in [-0.2, -0.15) is 0 Å². The highest BCUT2D eigenvalue weighted by atomic mass is 16.4. The number of aryl methyl sites for hydroxylation is 1. The Bertz CT molecular complexity index is 587. The van der Waals surface area contributed by atoms with E-state index in [1.807, 2.05) is 0 Å². The summed E-state index contributed by atoms with van der Waals surface area (Å²) in [5.74, 6) is -1.20. The first-order valence-corrected chi connectivity index (χ1v) is 4.88. The van der Waals surface area contributed by atoms with Crippen LogP contribution in [0.1, 0.15) is 22.7 Å². The van der Waals surface area contributed by atoms with Gasteiger partial charge in [-0.1, -0.05) is 0 Å². The summed E-state index contributed by atoms with van der Waals surface area (Å²) in [6.45, 7) is 0. The number of hydrogen-bond donors (Lipinski definition) is 1. The van der Waals surface area contributed by atoms with Crippen LogP contribution in [0.4, 0.5) is 0 Å². The molecule has 0 spiro atoms. The summed E-state index contributed by atoms with van der Waals surface area (Å²) in [4.78, 5) is 25.0. The predicted molar refractivity (Wildman–Crippen MR) is 54.4 cm³/mol. The molecule has 0 fully saturated rings. The van der Waals surface area contributed by atoms with E-state index in [9.17, 15) is 19.8 Å². The lowest BCUT2D eigenvalue weighted by molar-refractivity contribution is -0.305. The summed E-state index contributed by atoms with van der Waals surface area (Å²) in [5.41, 5.74) is 0.595. The first kappa shape index (κ1) is 11.1. The average molecular weight is 234 g/mol. The van der Waals surface area contributed by atoms with Gasteiger partial charge in [0.15, 0.2) is 17.8 Å². The smallest absolute Gasteiger partial charge is 0.195 e. The van der Waals surface area contributed by atoms with Gasteiger partial charge < -0.3 is 19.4 Å². The number of phenolic OH excluding ortho intramolecular Hbond substituents is 1. The second-order valence-corrected chi connectivity index (χ2v) is 3.44. The fourth-order valence-electron chi connectivity index (χ4n) is 1.48. The van der Waals surface area contributed by atoms with Gasteiger partial charge in [-0.05, 0) is 18.6 Å². The summed E-state index contributed by atoms with van der Waals surface area (Å²) in [6, 6.07) is 2.78. The zero-order chi connectivity index (χ0) is 12.4. The van der Waals surface area contributed by atoms with Gasteiger partial charge in [0, 0.05) is 12.4 Å². The molecule has 1 heterocycles. The van der Waals surface area contributed by atoms with Crippen molar-refractivity contribution >= 4 is 23.4 Å². The minimum absolute atomic E-state index is 0.0333. The maximum atomic E-state index is 10.8. The number of benzene rings is 1. The monoisotopic (exact) mass is 234 g/mol. The fourth-order valence-corrected chi connectivity index (χ4v) is 1.48. The van der Waals surface area contributed by atoms with Crippen LogP contribution < -0.4 is 5.11 Å². The third-order valence-corrected chi connectivity index (χ3v) is 2.28. The Labute approximate surface area is 95.5 Å². The van der Waals surface area contributed by atoms with Crippen LogP contribution in [0, 0.1) is 0 Å². The Morgan fingerprint density at radius 1 is 1.53 bits per heavy atom. The number of oxazole rings is 1. The molecule has 0 radical (unpaired) electrons. The Hall–Kier alpha value is -2.37. The van der Waals surface area contributed by atoms with Crippen molar-refractivity contribution < 1.29 is 24.2 Å². The lowest BCUT2D eigenvalue weighted by Crippen LogP contribution is -2.22. The summed E-state index contributed by atoms with van der Waals surface area (Å²) in [7, 11) is 0. The maximum Gasteiger partial charge on any atom is 0.195 e. The average Bonchev–Trinajstić information content (AvgIpc) is 2.69. The molecule has 0 unspecified atom stereocenters. The Balaban J connectivity index is 2.43. The van der Waals surface area contributed by atoms with Crippen LogP contribution in [0.15, 0.2) is 16.5 Å². The molecule has 17 heavy (non-hydrogen) atoms. The number of carboxylic acid groups (broad SMARTS) is 1. The Morgan fingerprint density at radius 2 is 2.29 bits per heavy atom. The number of carbonyl (C=O) groups is 2. The van der Waals surface area contributed by atoms with Gasteiger partial charge in [0.1, 0.15) is 11.3 Å². The lowest BCUT2D eigenvalue weighted by Gasteiger charge is -1.96. The minimum Gasteiger partial charge on any atom is -0.550 e. The highest BCUT2D eigenvalue weighted by Crippen LogP contribution is 2.26. The van der Waals surface area contributed by atoms with E-state index in [1.165, 1.54) is 12.1 Å². The fraction of sp³-hybridized carbons (Fsp3) is 0.182. The predicted octanol–water partition coefficient (Wildman–Crippen LogP) is 0.0284. The van der Waals surface area contributed by atoms with Gasteiger partial charge in [-0.15, -0.1) is 0 Å². The van der Waals surface area contributed by atoms with Crippen molar-refractivity contribution in [3.63, 3.8) is 0 Å². The lowest BCUT2D eigenvalue weighted by atomic mass is 10.2. The molecule has 2 aromatic rings. The second-order valence-electron chi connectivity index (χ2n) is 3.44. The number of nitrogens with zero attached hydrogens (tertiary/aromatic N) is 1. The number of carbonyl (C=O) groups excluding carboxylic acids is 2. The Kier molecular flexibility index (Phi) is 2.78. The minimum atomic E-state index is -1.20. The van der Waals surface area contributed by atoms with E-state index in [4.69, 9.17) is 4.42 Å². The van der Waals surface area contributed by atoms with Crippen LogP contribution in [0.25, 0.3) is 11.1 Å². The summed E-state index contributed by atoms with van der Waals surface area (Å²) >= 11 is 0. The van der Waals surface area contributed by atoms with Gasteiger partial charge in [0.05, 0.1) is 5.56 Å². The van der Waals surface area contributed by atoms with E-state index < -0.39 is 5.97 Å². The Morgan fingerprint density at radius 3 is 2.94 bits per heavy atom. The van der Waals surface area contributed by atoms with Crippen LogP contribution in [0.2, 0.25) is 0 Å². The molecule has 0 amide bonds. The topological polar surface area (TPSA) is 103 Å². The number of fused-ring (bicyclic) bond motifs is 1. The number of aromatic hydroxyl groups is 1. The third-order valence-electron chi connectivity index (χ3n) is 2.28. The van der Waals surface area contributed by atoms with Gasteiger partial charge in [0.25, 0.3) is 0 Å². The van der Waals surface area contributed by atoms with Crippen molar-refractivity contribution in [2.75, 3.05) is 0 Å². The molecule has 1 N–H and O–H groups in total. The molecule has 0 aliphatic rings. The highest BCUT2D eigenvalue weighted by molar-refractivity contribution is 5.96. The standard InChI is InChI=1S/C11H9NO5/c13-5-6-7(14)1-2-8-11(6)12-9(17-8)3-4-10(15)16/h1-2,5,14H,3-4H2,(H,15,16)/p-1. The number of carboxylic acids is 1. The molecule has 88 valence electrons. The van der Waals surface area contributed by atoms with Crippen LogP contribution >= 0.6 is 0 Å². The number of phenols is 1. The first-order valence-electron chi connectivity index (χ1n) is 4.88. The number of aldehydes is 1. The van der Waals surface area contributed by atoms with Crippen molar-refractivity contribution in [2.24, 2.45) is 0 Å². The van der Waals surface area contributed by atoms with Crippen LogP contribution in [0.5, 0.6) is 5.75 Å². The van der Waals surface area contributed by atoms with Crippen LogP contribution in [0.3, 0.4) is 0 Å². The number of hydrogen-bond acceptors (Lipinski definition) is 6. The first-order chi connectivity index (χ1) is 8.11. The van der Waals surface area contributed by atoms with Crippen molar-refractivity contribution in [1.29, 1.82) is 0 Å². The molecule has 0 aliphatic heterocycles. The molecule has 6 heteroatoms. The van der Waals surface area contributed by atoms with E-state index in [2.05, 4.69) is 4.98 Å². The molecule has 0 saturated carbocycles. The zero-order valence-corrected chi connectivity index (χ0v) is 8.67. The molecule has 1 aromatic heterocycles. The van der Waals surface area contributed by atoms with Crippen molar-refractivity contribution in [1.82, 2.24) is 4.98 Å². The zero-order valence-electron chi connectivity index (χ0n) is 8.67. The molecule has 0 atom stereocenters. The van der Waals surface area contributed by atoms with Crippen molar-refractivity contribution in [2.45, 2.75) is 12.8 Å². The third kappa shape index (κ3) is 2.10. The number of aromatic nitrogens is 1. The van der Waals surface area contributed by atoms with Gasteiger partial charge >= 0.3 is 0 Å². The van der Waals surface area contributed by atoms with Gasteiger partial charge in [-0.25, -0.2) is 4.98 Å². The van der Waals surface area contributed by atoms with Crippen LogP contribution in [-0.4, -0.2) is 22.3 Å². The van der Waals surface area contributed by atoms with Crippen molar-refractivity contribution in [3.8, 4) is 5.75 Å². The molecule has 2 rings (SSSR count). The number of aliphatic carboxylic acids is 1. The number of rotatable bonds is 4.